The van der Waals surface area contributed by atoms with Crippen LogP contribution in [-0.2, 0) is 11.2 Å². The summed E-state index contributed by atoms with van der Waals surface area (Å²) in [5.74, 6) is -1.64. The van der Waals surface area contributed by atoms with E-state index in [1.807, 2.05) is 6.07 Å². The van der Waals surface area contributed by atoms with Crippen molar-refractivity contribution in [3.8, 4) is 6.07 Å². The molecule has 1 amide bonds. The minimum atomic E-state index is -0.724. The van der Waals surface area contributed by atoms with Crippen LogP contribution in [0.5, 0.6) is 0 Å². The van der Waals surface area contributed by atoms with E-state index in [0.717, 1.165) is 11.1 Å². The van der Waals surface area contributed by atoms with Crippen molar-refractivity contribution >= 4 is 29.3 Å². The molecule has 0 bridgehead atoms. The zero-order chi connectivity index (χ0) is 20.8. The summed E-state index contributed by atoms with van der Waals surface area (Å²) in [6, 6.07) is 18.8. The van der Waals surface area contributed by atoms with Crippen molar-refractivity contribution in [3.63, 3.8) is 0 Å². The number of carbonyl (C=O) groups excluding carboxylic acids is 1. The van der Waals surface area contributed by atoms with Crippen LogP contribution >= 0.6 is 11.6 Å². The molecule has 0 aliphatic rings. The number of rotatable bonds is 5. The summed E-state index contributed by atoms with van der Waals surface area (Å²) in [5, 5.41) is 12.1. The van der Waals surface area contributed by atoms with Gasteiger partial charge in [-0.2, -0.15) is 5.26 Å². The standard InChI is InChI=1S/C23H15ClF2N2O/c24-20-13-16(8-9-17(20)10-15-4-3-5-19(25)12-15)11-18(14-27)23(29)28-22-7-2-1-6-21(22)26/h1-9,11-13H,10H2,(H,28,29)/b18-11+. The van der Waals surface area contributed by atoms with Crippen LogP contribution in [0.1, 0.15) is 16.7 Å². The molecule has 29 heavy (non-hydrogen) atoms. The molecule has 3 rings (SSSR count). The maximum Gasteiger partial charge on any atom is 0.266 e. The van der Waals surface area contributed by atoms with Crippen LogP contribution in [0, 0.1) is 23.0 Å². The number of anilines is 1. The second-order valence-electron chi connectivity index (χ2n) is 6.26. The molecule has 3 nitrogen and oxygen atoms in total. The van der Waals surface area contributed by atoms with Gasteiger partial charge in [-0.15, -0.1) is 0 Å². The van der Waals surface area contributed by atoms with E-state index in [1.54, 1.807) is 36.4 Å². The van der Waals surface area contributed by atoms with Crippen LogP contribution < -0.4 is 5.32 Å². The Morgan fingerprint density at radius 3 is 2.55 bits per heavy atom. The summed E-state index contributed by atoms with van der Waals surface area (Å²) >= 11 is 6.32. The van der Waals surface area contributed by atoms with Crippen LogP contribution in [0.15, 0.2) is 72.3 Å². The van der Waals surface area contributed by atoms with Gasteiger partial charge in [-0.1, -0.05) is 48.0 Å². The molecule has 3 aromatic carbocycles. The van der Waals surface area contributed by atoms with E-state index in [4.69, 9.17) is 11.6 Å². The molecule has 0 aliphatic carbocycles. The number of para-hydroxylation sites is 1. The van der Waals surface area contributed by atoms with Gasteiger partial charge in [0.15, 0.2) is 0 Å². The van der Waals surface area contributed by atoms with Crippen LogP contribution in [0.25, 0.3) is 6.08 Å². The predicted molar refractivity (Wildman–Crippen MR) is 109 cm³/mol. The number of halogens is 3. The maximum absolute atomic E-state index is 13.7. The normalized spacial score (nSPS) is 11.0. The van der Waals surface area contributed by atoms with Crippen molar-refractivity contribution in [2.45, 2.75) is 6.42 Å². The highest BCUT2D eigenvalue weighted by Crippen LogP contribution is 2.23. The highest BCUT2D eigenvalue weighted by molar-refractivity contribution is 6.31. The monoisotopic (exact) mass is 408 g/mol. The first-order chi connectivity index (χ1) is 14.0. The summed E-state index contributed by atoms with van der Waals surface area (Å²) in [6.07, 6.45) is 1.81. The van der Waals surface area contributed by atoms with Crippen LogP contribution in [0.3, 0.4) is 0 Å². The second-order valence-corrected chi connectivity index (χ2v) is 6.67. The summed E-state index contributed by atoms with van der Waals surface area (Å²) < 4.78 is 27.0. The number of hydrogen-bond donors (Lipinski definition) is 1. The maximum atomic E-state index is 13.7. The van der Waals surface area contributed by atoms with E-state index in [-0.39, 0.29) is 17.1 Å². The van der Waals surface area contributed by atoms with Crippen LogP contribution in [-0.4, -0.2) is 5.91 Å². The lowest BCUT2D eigenvalue weighted by atomic mass is 10.0. The fourth-order valence-corrected chi connectivity index (χ4v) is 2.99. The largest absolute Gasteiger partial charge is 0.319 e. The van der Waals surface area contributed by atoms with E-state index in [0.29, 0.717) is 17.0 Å². The first kappa shape index (κ1) is 20.2. The fourth-order valence-electron chi connectivity index (χ4n) is 2.73. The van der Waals surface area contributed by atoms with E-state index in [1.165, 1.54) is 36.4 Å². The molecule has 0 saturated carbocycles. The van der Waals surface area contributed by atoms with Gasteiger partial charge in [-0.3, -0.25) is 4.79 Å². The van der Waals surface area contributed by atoms with Gasteiger partial charge in [-0.05, 0) is 59.5 Å². The molecule has 0 spiro atoms. The number of amides is 1. The van der Waals surface area contributed by atoms with E-state index >= 15 is 0 Å². The molecule has 0 aromatic heterocycles. The molecule has 1 N–H and O–H groups in total. The van der Waals surface area contributed by atoms with Crippen molar-refractivity contribution in [2.75, 3.05) is 5.32 Å². The molecule has 144 valence electrons. The number of nitrogens with one attached hydrogen (secondary N) is 1. The van der Waals surface area contributed by atoms with Crippen LogP contribution in [0.2, 0.25) is 5.02 Å². The molecule has 0 radical (unpaired) electrons. The lowest BCUT2D eigenvalue weighted by Crippen LogP contribution is -2.14. The van der Waals surface area contributed by atoms with E-state index < -0.39 is 11.7 Å². The quantitative estimate of drug-likeness (QED) is 0.431. The highest BCUT2D eigenvalue weighted by atomic mass is 35.5. The smallest absolute Gasteiger partial charge is 0.266 e. The third-order valence-corrected chi connectivity index (χ3v) is 4.51. The minimum Gasteiger partial charge on any atom is -0.319 e. The molecule has 0 heterocycles. The van der Waals surface area contributed by atoms with Crippen molar-refractivity contribution in [2.24, 2.45) is 0 Å². The molecular weight excluding hydrogens is 394 g/mol. The molecule has 0 unspecified atom stereocenters. The zero-order valence-electron chi connectivity index (χ0n) is 15.1. The fraction of sp³-hybridized carbons (Fsp3) is 0.0435. The Morgan fingerprint density at radius 1 is 1.07 bits per heavy atom. The Labute approximate surface area is 171 Å². The Bertz CT molecular complexity index is 1140. The van der Waals surface area contributed by atoms with Gasteiger partial charge < -0.3 is 5.32 Å². The van der Waals surface area contributed by atoms with Gasteiger partial charge in [0, 0.05) is 5.02 Å². The summed E-state index contributed by atoms with van der Waals surface area (Å²) in [5.41, 5.74) is 1.89. The first-order valence-corrected chi connectivity index (χ1v) is 9.04. The molecule has 0 aliphatic heterocycles. The molecule has 3 aromatic rings. The SMILES string of the molecule is N#C/C(=C\c1ccc(Cc2cccc(F)c2)c(Cl)c1)C(=O)Nc1ccccc1F. The predicted octanol–water partition coefficient (Wildman–Crippen LogP) is 5.75. The minimum absolute atomic E-state index is 0.0119. The van der Waals surface area contributed by atoms with Crippen molar-refractivity contribution in [1.82, 2.24) is 0 Å². The van der Waals surface area contributed by atoms with Gasteiger partial charge in [0.05, 0.1) is 5.69 Å². The van der Waals surface area contributed by atoms with Crippen molar-refractivity contribution in [3.05, 3.63) is 106 Å². The molecule has 0 fully saturated rings. The Morgan fingerprint density at radius 2 is 1.86 bits per heavy atom. The lowest BCUT2D eigenvalue weighted by Gasteiger charge is -2.07. The topological polar surface area (TPSA) is 52.9 Å². The summed E-state index contributed by atoms with van der Waals surface area (Å²) in [6.45, 7) is 0. The van der Waals surface area contributed by atoms with Gasteiger partial charge in [0.1, 0.15) is 23.3 Å². The number of carbonyl (C=O) groups is 1. The second kappa shape index (κ2) is 9.13. The van der Waals surface area contributed by atoms with Crippen LogP contribution in [0.4, 0.5) is 14.5 Å². The average molecular weight is 409 g/mol. The Balaban J connectivity index is 1.79. The highest BCUT2D eigenvalue weighted by Gasteiger charge is 2.12. The Hall–Kier alpha value is -3.49. The van der Waals surface area contributed by atoms with E-state index in [2.05, 4.69) is 5.32 Å². The Kier molecular flexibility index (Phi) is 6.38. The molecular formula is C23H15ClF2N2O. The number of nitriles is 1. The van der Waals surface area contributed by atoms with Gasteiger partial charge in [0.25, 0.3) is 5.91 Å². The summed E-state index contributed by atoms with van der Waals surface area (Å²) in [4.78, 5) is 12.3. The zero-order valence-corrected chi connectivity index (χ0v) is 15.9. The number of nitrogens with zero attached hydrogens (tertiary/aromatic N) is 1. The summed E-state index contributed by atoms with van der Waals surface area (Å²) in [7, 11) is 0. The molecule has 6 heteroatoms. The molecule has 0 saturated heterocycles. The lowest BCUT2D eigenvalue weighted by molar-refractivity contribution is -0.112. The molecule has 0 atom stereocenters. The number of benzene rings is 3. The van der Waals surface area contributed by atoms with Gasteiger partial charge in [0.2, 0.25) is 0 Å². The van der Waals surface area contributed by atoms with Crippen molar-refractivity contribution in [1.29, 1.82) is 5.26 Å². The third kappa shape index (κ3) is 5.28. The average Bonchev–Trinajstić information content (AvgIpc) is 2.70. The van der Waals surface area contributed by atoms with E-state index in [9.17, 15) is 18.8 Å². The number of hydrogen-bond acceptors (Lipinski definition) is 2. The van der Waals surface area contributed by atoms with Gasteiger partial charge in [-0.25, -0.2) is 8.78 Å². The van der Waals surface area contributed by atoms with Gasteiger partial charge >= 0.3 is 0 Å². The third-order valence-electron chi connectivity index (χ3n) is 4.16. The van der Waals surface area contributed by atoms with Crippen molar-refractivity contribution < 1.29 is 13.6 Å². The first-order valence-electron chi connectivity index (χ1n) is 8.67.